The number of rotatable bonds is 3. The molecule has 0 heterocycles. The molecule has 0 fully saturated rings. The molecule has 0 saturated carbocycles. The minimum atomic E-state index is 0.364. The van der Waals surface area contributed by atoms with Gasteiger partial charge in [-0.15, -0.1) is 0 Å². The van der Waals surface area contributed by atoms with Crippen molar-refractivity contribution in [2.75, 3.05) is 0 Å². The Morgan fingerprint density at radius 3 is 2.45 bits per heavy atom. The highest BCUT2D eigenvalue weighted by molar-refractivity contribution is 9.09. The highest BCUT2D eigenvalue weighted by Gasteiger charge is 2.09. The van der Waals surface area contributed by atoms with Crippen LogP contribution < -0.4 is 0 Å². The van der Waals surface area contributed by atoms with Crippen LogP contribution in [-0.4, -0.2) is 0 Å². The van der Waals surface area contributed by atoms with Gasteiger partial charge in [-0.2, -0.15) is 0 Å². The van der Waals surface area contributed by atoms with Crippen molar-refractivity contribution in [1.82, 2.24) is 0 Å². The molecule has 1 unspecified atom stereocenters. The number of fused-ring (bicyclic) bond motifs is 1. The summed E-state index contributed by atoms with van der Waals surface area (Å²) >= 11 is 3.82. The molecule has 0 aliphatic rings. The van der Waals surface area contributed by atoms with Gasteiger partial charge in [0.1, 0.15) is 0 Å². The summed E-state index contributed by atoms with van der Waals surface area (Å²) in [6, 6.07) is 23.9. The average molecular weight is 325 g/mol. The summed E-state index contributed by atoms with van der Waals surface area (Å²) in [6.07, 6.45) is 1.01. The molecule has 100 valence electrons. The van der Waals surface area contributed by atoms with Crippen molar-refractivity contribution in [3.8, 4) is 0 Å². The highest BCUT2D eigenvalue weighted by Crippen LogP contribution is 2.28. The van der Waals surface area contributed by atoms with Crippen LogP contribution in [0.4, 0.5) is 0 Å². The van der Waals surface area contributed by atoms with E-state index in [0.29, 0.717) is 4.83 Å². The van der Waals surface area contributed by atoms with Gasteiger partial charge >= 0.3 is 0 Å². The maximum Gasteiger partial charge on any atom is 0.0435 e. The summed E-state index contributed by atoms with van der Waals surface area (Å²) in [5.41, 5.74) is 4.02. The number of benzene rings is 3. The zero-order valence-corrected chi connectivity index (χ0v) is 13.1. The van der Waals surface area contributed by atoms with Gasteiger partial charge in [0.2, 0.25) is 0 Å². The third kappa shape index (κ3) is 2.94. The Balaban J connectivity index is 1.85. The molecule has 0 bridgehead atoms. The molecule has 0 aromatic heterocycles. The normalized spacial score (nSPS) is 12.5. The largest absolute Gasteiger partial charge is 0.0835 e. The molecular weight excluding hydrogens is 308 g/mol. The fraction of sp³-hybridized carbons (Fsp3) is 0.158. The minimum Gasteiger partial charge on any atom is -0.0835 e. The molecule has 1 atom stereocenters. The summed E-state index contributed by atoms with van der Waals surface area (Å²) in [6.45, 7) is 2.14. The smallest absolute Gasteiger partial charge is 0.0435 e. The van der Waals surface area contributed by atoms with Crippen LogP contribution in [0.3, 0.4) is 0 Å². The third-order valence-corrected chi connectivity index (χ3v) is 4.49. The molecule has 0 spiro atoms. The van der Waals surface area contributed by atoms with E-state index >= 15 is 0 Å². The molecular formula is C19H17Br. The Morgan fingerprint density at radius 1 is 0.850 bits per heavy atom. The molecule has 3 aromatic carbocycles. The van der Waals surface area contributed by atoms with E-state index in [2.05, 4.69) is 89.6 Å². The van der Waals surface area contributed by atoms with Crippen molar-refractivity contribution in [2.24, 2.45) is 0 Å². The predicted molar refractivity (Wildman–Crippen MR) is 90.5 cm³/mol. The van der Waals surface area contributed by atoms with E-state index in [9.17, 15) is 0 Å². The number of alkyl halides is 1. The predicted octanol–water partition coefficient (Wildman–Crippen LogP) is 5.83. The fourth-order valence-electron chi connectivity index (χ4n) is 2.56. The molecule has 0 aliphatic carbocycles. The minimum absolute atomic E-state index is 0.364. The van der Waals surface area contributed by atoms with Crippen molar-refractivity contribution in [3.63, 3.8) is 0 Å². The first-order valence-corrected chi connectivity index (χ1v) is 7.82. The van der Waals surface area contributed by atoms with Crippen LogP contribution in [0.15, 0.2) is 66.7 Å². The number of hydrogen-bond acceptors (Lipinski definition) is 0. The molecule has 3 aromatic rings. The Morgan fingerprint density at radius 2 is 1.65 bits per heavy atom. The molecule has 1 heteroatoms. The first-order chi connectivity index (χ1) is 9.72. The van der Waals surface area contributed by atoms with Crippen molar-refractivity contribution in [2.45, 2.75) is 18.2 Å². The van der Waals surface area contributed by atoms with Gasteiger partial charge in [-0.05, 0) is 35.2 Å². The zero-order valence-electron chi connectivity index (χ0n) is 11.5. The van der Waals surface area contributed by atoms with E-state index in [1.54, 1.807) is 0 Å². The second kappa shape index (κ2) is 5.80. The second-order valence-electron chi connectivity index (χ2n) is 5.27. The van der Waals surface area contributed by atoms with E-state index < -0.39 is 0 Å². The Hall–Kier alpha value is -1.60. The van der Waals surface area contributed by atoms with Gasteiger partial charge in [0.25, 0.3) is 0 Å². The Kier molecular flexibility index (Phi) is 3.88. The summed E-state index contributed by atoms with van der Waals surface area (Å²) in [7, 11) is 0. The average Bonchev–Trinajstić information content (AvgIpc) is 2.47. The quantitative estimate of drug-likeness (QED) is 0.532. The summed E-state index contributed by atoms with van der Waals surface area (Å²) in [5, 5.41) is 2.62. The molecule has 0 amide bonds. The van der Waals surface area contributed by atoms with Gasteiger partial charge in [-0.3, -0.25) is 0 Å². The molecule has 20 heavy (non-hydrogen) atoms. The van der Waals surface area contributed by atoms with Gasteiger partial charge in [0, 0.05) is 4.83 Å². The number of hydrogen-bond donors (Lipinski definition) is 0. The van der Waals surface area contributed by atoms with E-state index in [1.165, 1.54) is 27.5 Å². The van der Waals surface area contributed by atoms with Crippen molar-refractivity contribution in [3.05, 3.63) is 83.4 Å². The lowest BCUT2D eigenvalue weighted by Crippen LogP contribution is -1.95. The standard InChI is InChI=1S/C19H17Br/c1-14-5-4-8-18(11-14)19(20)13-15-9-10-16-6-2-3-7-17(16)12-15/h2-12,19H,13H2,1H3. The van der Waals surface area contributed by atoms with Crippen molar-refractivity contribution in [1.29, 1.82) is 0 Å². The van der Waals surface area contributed by atoms with Crippen molar-refractivity contribution >= 4 is 26.7 Å². The van der Waals surface area contributed by atoms with Crippen LogP contribution in [0.5, 0.6) is 0 Å². The van der Waals surface area contributed by atoms with Gasteiger partial charge < -0.3 is 0 Å². The summed E-state index contributed by atoms with van der Waals surface area (Å²) in [4.78, 5) is 0.364. The van der Waals surface area contributed by atoms with Crippen LogP contribution in [0.2, 0.25) is 0 Å². The van der Waals surface area contributed by atoms with E-state index in [0.717, 1.165) is 6.42 Å². The molecule has 0 aliphatic heterocycles. The van der Waals surface area contributed by atoms with Crippen LogP contribution in [0.1, 0.15) is 21.5 Å². The van der Waals surface area contributed by atoms with E-state index in [4.69, 9.17) is 0 Å². The molecule has 3 rings (SSSR count). The van der Waals surface area contributed by atoms with Gasteiger partial charge in [0.05, 0.1) is 0 Å². The first-order valence-electron chi connectivity index (χ1n) is 6.91. The molecule has 0 radical (unpaired) electrons. The number of halogens is 1. The molecule has 0 N–H and O–H groups in total. The number of aryl methyl sites for hydroxylation is 1. The molecule has 0 nitrogen and oxygen atoms in total. The third-order valence-electron chi connectivity index (χ3n) is 3.63. The van der Waals surface area contributed by atoms with Crippen LogP contribution >= 0.6 is 15.9 Å². The Labute approximate surface area is 128 Å². The SMILES string of the molecule is Cc1cccc(C(Br)Cc2ccc3ccccc3c2)c1. The fourth-order valence-corrected chi connectivity index (χ4v) is 3.21. The monoisotopic (exact) mass is 324 g/mol. The first kappa shape index (κ1) is 13.4. The topological polar surface area (TPSA) is 0 Å². The van der Waals surface area contributed by atoms with Crippen LogP contribution in [0, 0.1) is 6.92 Å². The van der Waals surface area contributed by atoms with Gasteiger partial charge in [-0.25, -0.2) is 0 Å². The van der Waals surface area contributed by atoms with Crippen LogP contribution in [0.25, 0.3) is 10.8 Å². The molecule has 0 saturated heterocycles. The summed E-state index contributed by atoms with van der Waals surface area (Å²) < 4.78 is 0. The van der Waals surface area contributed by atoms with Gasteiger partial charge in [0.15, 0.2) is 0 Å². The second-order valence-corrected chi connectivity index (χ2v) is 6.37. The highest BCUT2D eigenvalue weighted by atomic mass is 79.9. The maximum absolute atomic E-state index is 3.82. The van der Waals surface area contributed by atoms with Gasteiger partial charge in [-0.1, -0.05) is 88.2 Å². The lowest BCUT2D eigenvalue weighted by Gasteiger charge is -2.12. The zero-order chi connectivity index (χ0) is 13.9. The van der Waals surface area contributed by atoms with E-state index in [-0.39, 0.29) is 0 Å². The lowest BCUT2D eigenvalue weighted by molar-refractivity contribution is 0.949. The Bertz CT molecular complexity index is 730. The summed E-state index contributed by atoms with van der Waals surface area (Å²) in [5.74, 6) is 0. The lowest BCUT2D eigenvalue weighted by atomic mass is 10.0. The van der Waals surface area contributed by atoms with Crippen LogP contribution in [-0.2, 0) is 6.42 Å². The van der Waals surface area contributed by atoms with Crippen molar-refractivity contribution < 1.29 is 0 Å². The maximum atomic E-state index is 3.82. The van der Waals surface area contributed by atoms with E-state index in [1.807, 2.05) is 0 Å².